The molecule has 1 saturated heterocycles. The molecule has 1 aromatic heterocycles. The molecular formula is C11H19N3O3S2. The summed E-state index contributed by atoms with van der Waals surface area (Å²) in [7, 11) is -3.40. The van der Waals surface area contributed by atoms with Gasteiger partial charge in [0.1, 0.15) is 4.21 Å². The van der Waals surface area contributed by atoms with Crippen molar-refractivity contribution in [2.24, 2.45) is 0 Å². The minimum absolute atomic E-state index is 0.274. The van der Waals surface area contributed by atoms with Crippen molar-refractivity contribution in [3.63, 3.8) is 0 Å². The number of nitrogens with one attached hydrogen (secondary N) is 1. The Morgan fingerprint density at radius 1 is 1.42 bits per heavy atom. The van der Waals surface area contributed by atoms with Gasteiger partial charge < -0.3 is 10.5 Å². The molecule has 2 heterocycles. The summed E-state index contributed by atoms with van der Waals surface area (Å²) >= 11 is 1.14. The van der Waals surface area contributed by atoms with Crippen LogP contribution in [0, 0.1) is 0 Å². The first-order chi connectivity index (χ1) is 9.08. The van der Waals surface area contributed by atoms with Gasteiger partial charge in [-0.3, -0.25) is 4.90 Å². The standard InChI is InChI=1S/C11H19N3O3S2/c12-10-8-11(18-9-10)19(15,16)13-2-1-3-14-4-6-17-7-5-14/h8-9,13H,1-7,12H2. The van der Waals surface area contributed by atoms with Crippen LogP contribution in [-0.2, 0) is 14.8 Å². The molecule has 0 atom stereocenters. The average Bonchev–Trinajstić information content (AvgIpc) is 2.84. The van der Waals surface area contributed by atoms with Gasteiger partial charge in [-0.1, -0.05) is 0 Å². The van der Waals surface area contributed by atoms with Gasteiger partial charge >= 0.3 is 0 Å². The van der Waals surface area contributed by atoms with Crippen molar-refractivity contribution in [1.29, 1.82) is 0 Å². The maximum Gasteiger partial charge on any atom is 0.250 e. The third-order valence-electron chi connectivity index (χ3n) is 2.91. The fraction of sp³-hybridized carbons (Fsp3) is 0.636. The van der Waals surface area contributed by atoms with Crippen LogP contribution >= 0.6 is 11.3 Å². The van der Waals surface area contributed by atoms with Gasteiger partial charge in [-0.15, -0.1) is 11.3 Å². The lowest BCUT2D eigenvalue weighted by Crippen LogP contribution is -2.38. The van der Waals surface area contributed by atoms with Gasteiger partial charge in [0.05, 0.1) is 13.2 Å². The fourth-order valence-electron chi connectivity index (χ4n) is 1.88. The van der Waals surface area contributed by atoms with Crippen molar-refractivity contribution < 1.29 is 13.2 Å². The summed E-state index contributed by atoms with van der Waals surface area (Å²) in [5.41, 5.74) is 6.01. The highest BCUT2D eigenvalue weighted by atomic mass is 32.2. The van der Waals surface area contributed by atoms with Crippen molar-refractivity contribution in [2.75, 3.05) is 45.1 Å². The number of hydrogen-bond acceptors (Lipinski definition) is 6. The SMILES string of the molecule is Nc1csc(S(=O)(=O)NCCCN2CCOCC2)c1. The third-order valence-corrected chi connectivity index (χ3v) is 5.83. The van der Waals surface area contributed by atoms with Crippen molar-refractivity contribution in [3.8, 4) is 0 Å². The second-order valence-electron chi connectivity index (χ2n) is 4.40. The second-order valence-corrected chi connectivity index (χ2v) is 7.31. The van der Waals surface area contributed by atoms with Crippen molar-refractivity contribution >= 4 is 27.0 Å². The molecule has 0 aromatic carbocycles. The summed E-state index contributed by atoms with van der Waals surface area (Å²) in [6.07, 6.45) is 0.792. The first-order valence-corrected chi connectivity index (χ1v) is 8.58. The Morgan fingerprint density at radius 2 is 2.16 bits per heavy atom. The Hall–Kier alpha value is -0.670. The lowest BCUT2D eigenvalue weighted by molar-refractivity contribution is 0.0376. The number of hydrogen-bond donors (Lipinski definition) is 2. The third kappa shape index (κ3) is 4.43. The van der Waals surface area contributed by atoms with Gasteiger partial charge in [-0.25, -0.2) is 13.1 Å². The van der Waals surface area contributed by atoms with Crippen LogP contribution in [0.2, 0.25) is 0 Å². The van der Waals surface area contributed by atoms with E-state index in [-0.39, 0.29) is 4.21 Å². The predicted molar refractivity (Wildman–Crippen MR) is 75.8 cm³/mol. The van der Waals surface area contributed by atoms with E-state index in [4.69, 9.17) is 10.5 Å². The molecule has 8 heteroatoms. The molecule has 1 aromatic rings. The Kier molecular flexibility index (Phi) is 5.17. The van der Waals surface area contributed by atoms with Crippen LogP contribution in [0.3, 0.4) is 0 Å². The number of ether oxygens (including phenoxy) is 1. The highest BCUT2D eigenvalue weighted by molar-refractivity contribution is 7.91. The van der Waals surface area contributed by atoms with Crippen LogP contribution in [0.4, 0.5) is 5.69 Å². The molecule has 6 nitrogen and oxygen atoms in total. The van der Waals surface area contributed by atoms with Gasteiger partial charge in [-0.2, -0.15) is 0 Å². The topological polar surface area (TPSA) is 84.7 Å². The Bertz CT molecular complexity index is 495. The molecule has 3 N–H and O–H groups in total. The van der Waals surface area contributed by atoms with Crippen LogP contribution in [0.5, 0.6) is 0 Å². The first kappa shape index (κ1) is 14.7. The van der Waals surface area contributed by atoms with Gasteiger partial charge in [0.15, 0.2) is 0 Å². The fourth-order valence-corrected chi connectivity index (χ4v) is 4.08. The van der Waals surface area contributed by atoms with E-state index >= 15 is 0 Å². The lowest BCUT2D eigenvalue weighted by Gasteiger charge is -2.26. The largest absolute Gasteiger partial charge is 0.398 e. The molecule has 108 valence electrons. The van der Waals surface area contributed by atoms with Crippen LogP contribution in [0.1, 0.15) is 6.42 Å². The number of nitrogen functional groups attached to an aromatic ring is 1. The van der Waals surface area contributed by atoms with Crippen LogP contribution in [0.15, 0.2) is 15.7 Å². The van der Waals surface area contributed by atoms with Gasteiger partial charge in [0.25, 0.3) is 0 Å². The number of thiophene rings is 1. The zero-order valence-electron chi connectivity index (χ0n) is 10.7. The molecule has 1 fully saturated rings. The minimum Gasteiger partial charge on any atom is -0.398 e. The molecule has 19 heavy (non-hydrogen) atoms. The van der Waals surface area contributed by atoms with E-state index in [2.05, 4.69) is 9.62 Å². The number of nitrogens with zero attached hydrogens (tertiary/aromatic N) is 1. The molecule has 0 saturated carbocycles. The van der Waals surface area contributed by atoms with Crippen LogP contribution in [0.25, 0.3) is 0 Å². The quantitative estimate of drug-likeness (QED) is 0.740. The molecule has 0 bridgehead atoms. The summed E-state index contributed by atoms with van der Waals surface area (Å²) in [5, 5.41) is 1.63. The van der Waals surface area contributed by atoms with Gasteiger partial charge in [0, 0.05) is 30.7 Å². The highest BCUT2D eigenvalue weighted by Crippen LogP contribution is 2.21. The second kappa shape index (κ2) is 6.67. The summed E-state index contributed by atoms with van der Waals surface area (Å²) in [5.74, 6) is 0. The molecule has 1 aliphatic heterocycles. The number of morpholine rings is 1. The number of nitrogens with two attached hydrogens (primary N) is 1. The first-order valence-electron chi connectivity index (χ1n) is 6.22. The zero-order chi connectivity index (χ0) is 13.7. The predicted octanol–water partition coefficient (Wildman–Crippen LogP) is 0.331. The minimum atomic E-state index is -3.40. The molecular weight excluding hydrogens is 286 g/mol. The van der Waals surface area contributed by atoms with Crippen molar-refractivity contribution in [2.45, 2.75) is 10.6 Å². The van der Waals surface area contributed by atoms with E-state index in [0.717, 1.165) is 50.6 Å². The number of anilines is 1. The number of rotatable bonds is 6. The molecule has 0 radical (unpaired) electrons. The van der Waals surface area contributed by atoms with Gasteiger partial charge in [-0.05, 0) is 19.0 Å². The smallest absolute Gasteiger partial charge is 0.250 e. The molecule has 0 unspecified atom stereocenters. The molecule has 0 amide bonds. The Morgan fingerprint density at radius 3 is 2.79 bits per heavy atom. The molecule has 1 aliphatic rings. The van der Waals surface area contributed by atoms with E-state index < -0.39 is 10.0 Å². The van der Waals surface area contributed by atoms with Gasteiger partial charge in [0.2, 0.25) is 10.0 Å². The Labute approximate surface area is 117 Å². The lowest BCUT2D eigenvalue weighted by atomic mass is 10.3. The summed E-state index contributed by atoms with van der Waals surface area (Å²) in [6, 6.07) is 1.48. The zero-order valence-corrected chi connectivity index (χ0v) is 12.3. The monoisotopic (exact) mass is 305 g/mol. The van der Waals surface area contributed by atoms with Crippen molar-refractivity contribution in [1.82, 2.24) is 9.62 Å². The normalized spacial score (nSPS) is 17.7. The summed E-state index contributed by atoms with van der Waals surface area (Å²) < 4.78 is 31.9. The maximum atomic E-state index is 11.9. The molecule has 0 spiro atoms. The highest BCUT2D eigenvalue weighted by Gasteiger charge is 2.16. The van der Waals surface area contributed by atoms with E-state index in [1.807, 2.05) is 0 Å². The van der Waals surface area contributed by atoms with E-state index in [9.17, 15) is 8.42 Å². The van der Waals surface area contributed by atoms with E-state index in [1.54, 1.807) is 5.38 Å². The summed E-state index contributed by atoms with van der Waals surface area (Å²) in [6.45, 7) is 4.71. The van der Waals surface area contributed by atoms with Crippen molar-refractivity contribution in [3.05, 3.63) is 11.4 Å². The molecule has 2 rings (SSSR count). The number of sulfonamides is 1. The molecule has 0 aliphatic carbocycles. The van der Waals surface area contributed by atoms with E-state index in [1.165, 1.54) is 6.07 Å². The Balaban J connectivity index is 1.72. The van der Waals surface area contributed by atoms with E-state index in [0.29, 0.717) is 12.2 Å². The van der Waals surface area contributed by atoms with Crippen LogP contribution < -0.4 is 10.5 Å². The maximum absolute atomic E-state index is 11.9. The summed E-state index contributed by atoms with van der Waals surface area (Å²) in [4.78, 5) is 2.28. The average molecular weight is 305 g/mol. The van der Waals surface area contributed by atoms with Crippen LogP contribution in [-0.4, -0.2) is 52.7 Å².